The molecule has 0 unspecified atom stereocenters. The van der Waals surface area contributed by atoms with Crippen molar-refractivity contribution in [3.05, 3.63) is 52.6 Å². The Balaban J connectivity index is 1.82. The Labute approximate surface area is 151 Å². The highest BCUT2D eigenvalue weighted by Crippen LogP contribution is 2.36. The minimum absolute atomic E-state index is 0.00970. The van der Waals surface area contributed by atoms with E-state index >= 15 is 0 Å². The van der Waals surface area contributed by atoms with Gasteiger partial charge in [-0.25, -0.2) is 4.79 Å². The number of carboxylic acids is 1. The number of methoxy groups -OCH3 is 2. The molecule has 2 aromatic rings. The zero-order valence-corrected chi connectivity index (χ0v) is 14.8. The number of rotatable bonds is 6. The number of aromatic carboxylic acids is 1. The van der Waals surface area contributed by atoms with Crippen LogP contribution in [0.4, 0.5) is 5.69 Å². The molecule has 6 nitrogen and oxygen atoms in total. The van der Waals surface area contributed by atoms with E-state index in [2.05, 4.69) is 17.4 Å². The predicted molar refractivity (Wildman–Crippen MR) is 97.3 cm³/mol. The van der Waals surface area contributed by atoms with E-state index in [9.17, 15) is 14.7 Å². The molecule has 3 rings (SSSR count). The van der Waals surface area contributed by atoms with Gasteiger partial charge in [0.15, 0.2) is 11.5 Å². The van der Waals surface area contributed by atoms with Crippen molar-refractivity contribution in [2.75, 3.05) is 19.5 Å². The maximum Gasteiger partial charge on any atom is 0.335 e. The maximum absolute atomic E-state index is 12.5. The van der Waals surface area contributed by atoms with E-state index in [-0.39, 0.29) is 29.3 Å². The molecule has 1 aliphatic carbocycles. The molecule has 1 aliphatic rings. The van der Waals surface area contributed by atoms with Crippen LogP contribution < -0.4 is 14.8 Å². The quantitative estimate of drug-likeness (QED) is 0.832. The van der Waals surface area contributed by atoms with Crippen molar-refractivity contribution in [1.29, 1.82) is 0 Å². The second-order valence-electron chi connectivity index (χ2n) is 6.25. The number of amides is 1. The topological polar surface area (TPSA) is 84.9 Å². The molecule has 2 N–H and O–H groups in total. The molecule has 0 radical (unpaired) electrons. The van der Waals surface area contributed by atoms with E-state index < -0.39 is 5.97 Å². The van der Waals surface area contributed by atoms with Crippen molar-refractivity contribution in [1.82, 2.24) is 0 Å². The van der Waals surface area contributed by atoms with E-state index in [1.807, 2.05) is 6.07 Å². The van der Waals surface area contributed by atoms with E-state index in [1.54, 1.807) is 0 Å². The average Bonchev–Trinajstić information content (AvgIpc) is 3.08. The van der Waals surface area contributed by atoms with Gasteiger partial charge in [-0.05, 0) is 48.1 Å². The smallest absolute Gasteiger partial charge is 0.335 e. The van der Waals surface area contributed by atoms with Crippen LogP contribution in [0.2, 0.25) is 0 Å². The zero-order chi connectivity index (χ0) is 18.7. The number of hydrogen-bond donors (Lipinski definition) is 2. The lowest BCUT2D eigenvalue weighted by atomic mass is 10.0. The normalized spacial score (nSPS) is 12.4. The summed E-state index contributed by atoms with van der Waals surface area (Å²) in [7, 11) is 2.86. The molecule has 0 aliphatic heterocycles. The zero-order valence-electron chi connectivity index (χ0n) is 14.8. The molecule has 0 aromatic heterocycles. The summed E-state index contributed by atoms with van der Waals surface area (Å²) in [5.74, 6) is -0.814. The second kappa shape index (κ2) is 7.47. The van der Waals surface area contributed by atoms with Gasteiger partial charge in [-0.3, -0.25) is 4.79 Å². The fraction of sp³-hybridized carbons (Fsp3) is 0.300. The van der Waals surface area contributed by atoms with E-state index in [1.165, 1.54) is 37.5 Å². The van der Waals surface area contributed by atoms with Gasteiger partial charge in [0.2, 0.25) is 5.91 Å². The SMILES string of the molecule is COc1cc(C(=O)O)cc(NC(=O)Cc2ccc3c(c2)CCC3)c1OC. The van der Waals surface area contributed by atoms with Crippen molar-refractivity contribution in [3.63, 3.8) is 0 Å². The summed E-state index contributed by atoms with van der Waals surface area (Å²) in [5, 5.41) is 12.0. The van der Waals surface area contributed by atoms with Crippen molar-refractivity contribution < 1.29 is 24.2 Å². The summed E-state index contributed by atoms with van der Waals surface area (Å²) >= 11 is 0. The van der Waals surface area contributed by atoms with Crippen LogP contribution in [-0.4, -0.2) is 31.2 Å². The minimum Gasteiger partial charge on any atom is -0.493 e. The highest BCUT2D eigenvalue weighted by Gasteiger charge is 2.18. The van der Waals surface area contributed by atoms with Gasteiger partial charge in [-0.15, -0.1) is 0 Å². The summed E-state index contributed by atoms with van der Waals surface area (Å²) < 4.78 is 10.5. The number of benzene rings is 2. The lowest BCUT2D eigenvalue weighted by Crippen LogP contribution is -2.16. The van der Waals surface area contributed by atoms with Gasteiger partial charge in [-0.1, -0.05) is 18.2 Å². The summed E-state index contributed by atoms with van der Waals surface area (Å²) in [6.45, 7) is 0. The highest BCUT2D eigenvalue weighted by molar-refractivity contribution is 5.97. The standard InChI is InChI=1S/C20H21NO5/c1-25-17-11-15(20(23)24)10-16(19(17)26-2)21-18(22)9-12-6-7-13-4-3-5-14(13)8-12/h6-8,10-11H,3-5,9H2,1-2H3,(H,21,22)(H,23,24). The Morgan fingerprint density at radius 3 is 2.54 bits per heavy atom. The third kappa shape index (κ3) is 3.64. The lowest BCUT2D eigenvalue weighted by Gasteiger charge is -2.15. The van der Waals surface area contributed by atoms with E-state index in [0.717, 1.165) is 24.8 Å². The molecule has 26 heavy (non-hydrogen) atoms. The molecule has 0 saturated carbocycles. The third-order valence-corrected chi connectivity index (χ3v) is 4.53. The number of aryl methyl sites for hydroxylation is 2. The molecule has 1 amide bonds. The van der Waals surface area contributed by atoms with Crippen LogP contribution in [0.3, 0.4) is 0 Å². The summed E-state index contributed by atoms with van der Waals surface area (Å²) in [6, 6.07) is 8.85. The number of fused-ring (bicyclic) bond motifs is 1. The van der Waals surface area contributed by atoms with Crippen LogP contribution in [0.15, 0.2) is 30.3 Å². The molecule has 0 saturated heterocycles. The molecular weight excluding hydrogens is 334 g/mol. The number of nitrogens with one attached hydrogen (secondary N) is 1. The van der Waals surface area contributed by atoms with Crippen LogP contribution in [0, 0.1) is 0 Å². The molecule has 0 spiro atoms. The van der Waals surface area contributed by atoms with Crippen molar-refractivity contribution >= 4 is 17.6 Å². The molecule has 6 heteroatoms. The monoisotopic (exact) mass is 355 g/mol. The van der Waals surface area contributed by atoms with Gasteiger partial charge in [0.25, 0.3) is 0 Å². The number of carboxylic acid groups (broad SMARTS) is 1. The molecule has 0 bridgehead atoms. The van der Waals surface area contributed by atoms with Gasteiger partial charge in [0, 0.05) is 0 Å². The van der Waals surface area contributed by atoms with Crippen LogP contribution in [0.25, 0.3) is 0 Å². The number of anilines is 1. The van der Waals surface area contributed by atoms with Gasteiger partial charge < -0.3 is 19.9 Å². The molecule has 136 valence electrons. The number of carbonyl (C=O) groups excluding carboxylic acids is 1. The van der Waals surface area contributed by atoms with Crippen LogP contribution in [0.1, 0.15) is 33.5 Å². The number of carbonyl (C=O) groups is 2. The molecule has 0 atom stereocenters. The third-order valence-electron chi connectivity index (χ3n) is 4.53. The minimum atomic E-state index is -1.11. The first kappa shape index (κ1) is 17.8. The van der Waals surface area contributed by atoms with Crippen molar-refractivity contribution in [2.24, 2.45) is 0 Å². The maximum atomic E-state index is 12.5. The molecule has 0 heterocycles. The second-order valence-corrected chi connectivity index (χ2v) is 6.25. The molecular formula is C20H21NO5. The Morgan fingerprint density at radius 1 is 1.08 bits per heavy atom. The molecule has 0 fully saturated rings. The van der Waals surface area contributed by atoms with E-state index in [0.29, 0.717) is 5.75 Å². The summed E-state index contributed by atoms with van der Waals surface area (Å²) in [6.07, 6.45) is 3.51. The lowest BCUT2D eigenvalue weighted by molar-refractivity contribution is -0.115. The number of hydrogen-bond acceptors (Lipinski definition) is 4. The van der Waals surface area contributed by atoms with Crippen LogP contribution in [0.5, 0.6) is 11.5 Å². The largest absolute Gasteiger partial charge is 0.493 e. The Hall–Kier alpha value is -3.02. The Bertz CT molecular complexity index is 860. The van der Waals surface area contributed by atoms with Crippen LogP contribution in [-0.2, 0) is 24.1 Å². The van der Waals surface area contributed by atoms with Crippen molar-refractivity contribution in [3.8, 4) is 11.5 Å². The fourth-order valence-electron chi connectivity index (χ4n) is 3.30. The fourth-order valence-corrected chi connectivity index (χ4v) is 3.30. The van der Waals surface area contributed by atoms with Gasteiger partial charge in [0.1, 0.15) is 0 Å². The molecule has 2 aromatic carbocycles. The first-order valence-electron chi connectivity index (χ1n) is 8.41. The van der Waals surface area contributed by atoms with Crippen molar-refractivity contribution in [2.45, 2.75) is 25.7 Å². The Morgan fingerprint density at radius 2 is 1.85 bits per heavy atom. The first-order chi connectivity index (χ1) is 12.5. The summed E-state index contributed by atoms with van der Waals surface area (Å²) in [4.78, 5) is 23.8. The number of ether oxygens (including phenoxy) is 2. The van der Waals surface area contributed by atoms with E-state index in [4.69, 9.17) is 9.47 Å². The predicted octanol–water partition coefficient (Wildman–Crippen LogP) is 3.07. The Kier molecular flexibility index (Phi) is 5.11. The first-order valence-corrected chi connectivity index (χ1v) is 8.41. The van der Waals surface area contributed by atoms with Gasteiger partial charge >= 0.3 is 5.97 Å². The van der Waals surface area contributed by atoms with Crippen LogP contribution >= 0.6 is 0 Å². The van der Waals surface area contributed by atoms with Gasteiger partial charge in [0.05, 0.1) is 31.9 Å². The summed E-state index contributed by atoms with van der Waals surface area (Å²) in [5.41, 5.74) is 3.88. The van der Waals surface area contributed by atoms with Gasteiger partial charge in [-0.2, -0.15) is 0 Å². The average molecular weight is 355 g/mol. The highest BCUT2D eigenvalue weighted by atomic mass is 16.5.